The molecule has 1 aliphatic rings. The summed E-state index contributed by atoms with van der Waals surface area (Å²) in [6.45, 7) is 1.99. The highest BCUT2D eigenvalue weighted by molar-refractivity contribution is 6.21. The lowest BCUT2D eigenvalue weighted by Gasteiger charge is -2.23. The fraction of sp³-hybridized carbons (Fsp3) is 0.222. The van der Waals surface area contributed by atoms with Crippen molar-refractivity contribution in [2.24, 2.45) is 0 Å². The number of aromatic nitrogens is 1. The van der Waals surface area contributed by atoms with Crippen molar-refractivity contribution in [3.8, 4) is 0 Å². The second-order valence-electron chi connectivity index (χ2n) is 5.63. The summed E-state index contributed by atoms with van der Waals surface area (Å²) >= 11 is 0. The molecule has 0 unspecified atom stereocenters. The Morgan fingerprint density at radius 2 is 2.00 bits per heavy atom. The molecule has 0 fully saturated rings. The summed E-state index contributed by atoms with van der Waals surface area (Å²) < 4.78 is 13.3. The number of amides is 3. The van der Waals surface area contributed by atoms with Crippen molar-refractivity contribution < 1.29 is 18.8 Å². The van der Waals surface area contributed by atoms with Gasteiger partial charge in [-0.25, -0.2) is 4.39 Å². The average molecular weight is 341 g/mol. The Morgan fingerprint density at radius 1 is 1.20 bits per heavy atom. The second-order valence-corrected chi connectivity index (χ2v) is 5.63. The van der Waals surface area contributed by atoms with Crippen molar-refractivity contribution in [2.75, 3.05) is 13.1 Å². The van der Waals surface area contributed by atoms with E-state index in [9.17, 15) is 18.8 Å². The number of nitrogens with zero attached hydrogens (tertiary/aromatic N) is 3. The molecule has 6 nitrogen and oxygen atoms in total. The molecule has 0 atom stereocenters. The summed E-state index contributed by atoms with van der Waals surface area (Å²) in [4.78, 5) is 43.4. The third-order valence-electron chi connectivity index (χ3n) is 4.02. The van der Waals surface area contributed by atoms with Crippen LogP contribution in [0.25, 0.3) is 0 Å². The van der Waals surface area contributed by atoms with Gasteiger partial charge >= 0.3 is 0 Å². The van der Waals surface area contributed by atoms with Gasteiger partial charge in [-0.05, 0) is 36.8 Å². The Labute approximate surface area is 143 Å². The van der Waals surface area contributed by atoms with Crippen LogP contribution in [-0.2, 0) is 11.3 Å². The molecule has 25 heavy (non-hydrogen) atoms. The van der Waals surface area contributed by atoms with Crippen LogP contribution in [0.1, 0.15) is 33.3 Å². The van der Waals surface area contributed by atoms with Crippen LogP contribution >= 0.6 is 0 Å². The van der Waals surface area contributed by atoms with Crippen molar-refractivity contribution >= 4 is 17.7 Å². The molecule has 1 aromatic heterocycles. The number of halogens is 1. The van der Waals surface area contributed by atoms with Gasteiger partial charge in [0.15, 0.2) is 0 Å². The lowest BCUT2D eigenvalue weighted by atomic mass is 10.2. The molecule has 128 valence electrons. The molecule has 0 saturated carbocycles. The third-order valence-corrected chi connectivity index (χ3v) is 4.02. The van der Waals surface area contributed by atoms with E-state index in [1.807, 2.05) is 0 Å². The molecule has 2 heterocycles. The molecular weight excluding hydrogens is 325 g/mol. The molecule has 1 aromatic carbocycles. The van der Waals surface area contributed by atoms with Crippen molar-refractivity contribution in [1.82, 2.24) is 14.8 Å². The predicted octanol–water partition coefficient (Wildman–Crippen LogP) is 1.87. The van der Waals surface area contributed by atoms with Gasteiger partial charge in [0.25, 0.3) is 11.8 Å². The van der Waals surface area contributed by atoms with Gasteiger partial charge in [0, 0.05) is 19.3 Å². The zero-order valence-corrected chi connectivity index (χ0v) is 13.6. The van der Waals surface area contributed by atoms with Crippen LogP contribution in [-0.4, -0.2) is 45.6 Å². The van der Waals surface area contributed by atoms with Gasteiger partial charge in [0.2, 0.25) is 5.91 Å². The molecule has 0 saturated heterocycles. The molecular formula is C18H16FN3O3. The Morgan fingerprint density at radius 3 is 2.68 bits per heavy atom. The number of pyridine rings is 1. The lowest BCUT2D eigenvalue weighted by molar-refractivity contribution is -0.131. The maximum Gasteiger partial charge on any atom is 0.280 e. The first-order valence-electron chi connectivity index (χ1n) is 7.84. The Balaban J connectivity index is 1.73. The number of fused-ring (bicyclic) bond motifs is 1. The van der Waals surface area contributed by atoms with Gasteiger partial charge in [0.05, 0.1) is 5.56 Å². The molecule has 7 heteroatoms. The average Bonchev–Trinajstić information content (AvgIpc) is 2.85. The first-order valence-corrected chi connectivity index (χ1v) is 7.84. The smallest absolute Gasteiger partial charge is 0.280 e. The molecule has 1 aliphatic heterocycles. The molecule has 3 rings (SSSR count). The standard InChI is InChI=1S/C18H16FN3O3/c1-2-21(10-12-5-3-6-13(19)9-12)15(23)11-22-17(24)14-7-4-8-20-16(14)18(22)25/h3-9H,2,10-11H2,1H3. The van der Waals surface area contributed by atoms with E-state index in [1.54, 1.807) is 25.1 Å². The Hall–Kier alpha value is -3.09. The van der Waals surface area contributed by atoms with Crippen molar-refractivity contribution in [2.45, 2.75) is 13.5 Å². The predicted molar refractivity (Wildman–Crippen MR) is 87.1 cm³/mol. The third kappa shape index (κ3) is 3.26. The van der Waals surface area contributed by atoms with E-state index in [1.165, 1.54) is 29.3 Å². The summed E-state index contributed by atoms with van der Waals surface area (Å²) in [5.74, 6) is -1.87. The Kier molecular flexibility index (Phi) is 4.56. The van der Waals surface area contributed by atoms with Crippen LogP contribution in [0.4, 0.5) is 4.39 Å². The maximum atomic E-state index is 13.3. The van der Waals surface area contributed by atoms with Gasteiger partial charge in [-0.15, -0.1) is 0 Å². The number of carbonyl (C=O) groups is 3. The monoisotopic (exact) mass is 341 g/mol. The molecule has 0 spiro atoms. The summed E-state index contributed by atoms with van der Waals surface area (Å²) in [5.41, 5.74) is 0.904. The first kappa shape index (κ1) is 16.8. The summed E-state index contributed by atoms with van der Waals surface area (Å²) in [5, 5.41) is 0. The maximum absolute atomic E-state index is 13.3. The van der Waals surface area contributed by atoms with Crippen LogP contribution in [0.3, 0.4) is 0 Å². The topological polar surface area (TPSA) is 70.6 Å². The van der Waals surface area contributed by atoms with Gasteiger partial charge in [-0.1, -0.05) is 12.1 Å². The van der Waals surface area contributed by atoms with Gasteiger partial charge < -0.3 is 4.90 Å². The first-order chi connectivity index (χ1) is 12.0. The van der Waals surface area contributed by atoms with E-state index in [4.69, 9.17) is 0 Å². The fourth-order valence-electron chi connectivity index (χ4n) is 2.72. The minimum absolute atomic E-state index is 0.0634. The molecule has 0 bridgehead atoms. The van der Waals surface area contributed by atoms with Crippen LogP contribution < -0.4 is 0 Å². The van der Waals surface area contributed by atoms with E-state index in [-0.39, 0.29) is 36.1 Å². The minimum atomic E-state index is -0.573. The van der Waals surface area contributed by atoms with Crippen molar-refractivity contribution in [3.05, 3.63) is 65.2 Å². The molecule has 3 amide bonds. The molecule has 2 aromatic rings. The Bertz CT molecular complexity index is 818. The zero-order chi connectivity index (χ0) is 18.0. The summed E-state index contributed by atoms with van der Waals surface area (Å²) in [7, 11) is 0. The van der Waals surface area contributed by atoms with E-state index in [0.717, 1.165) is 4.90 Å². The van der Waals surface area contributed by atoms with Crippen LogP contribution in [0.5, 0.6) is 0 Å². The number of likely N-dealkylation sites (N-methyl/N-ethyl adjacent to an activating group) is 1. The largest absolute Gasteiger partial charge is 0.337 e. The fourth-order valence-corrected chi connectivity index (χ4v) is 2.72. The van der Waals surface area contributed by atoms with Crippen molar-refractivity contribution in [1.29, 1.82) is 0 Å². The van der Waals surface area contributed by atoms with Crippen LogP contribution in [0, 0.1) is 5.82 Å². The minimum Gasteiger partial charge on any atom is -0.337 e. The van der Waals surface area contributed by atoms with Crippen LogP contribution in [0.2, 0.25) is 0 Å². The highest BCUT2D eigenvalue weighted by Gasteiger charge is 2.38. The number of carbonyl (C=O) groups excluding carboxylic acids is 3. The lowest BCUT2D eigenvalue weighted by Crippen LogP contribution is -2.42. The van der Waals surface area contributed by atoms with E-state index in [2.05, 4.69) is 4.98 Å². The quantitative estimate of drug-likeness (QED) is 0.779. The normalized spacial score (nSPS) is 13.1. The summed E-state index contributed by atoms with van der Waals surface area (Å²) in [6.07, 6.45) is 1.43. The SMILES string of the molecule is CCN(Cc1cccc(F)c1)C(=O)CN1C(=O)c2cccnc2C1=O. The number of rotatable bonds is 5. The highest BCUT2D eigenvalue weighted by Crippen LogP contribution is 2.20. The van der Waals surface area contributed by atoms with Gasteiger partial charge in [0.1, 0.15) is 18.1 Å². The second kappa shape index (κ2) is 6.80. The van der Waals surface area contributed by atoms with E-state index >= 15 is 0 Å². The van der Waals surface area contributed by atoms with E-state index < -0.39 is 11.8 Å². The number of hydrogen-bond acceptors (Lipinski definition) is 4. The molecule has 0 aliphatic carbocycles. The van der Waals surface area contributed by atoms with Crippen LogP contribution in [0.15, 0.2) is 42.6 Å². The molecule has 0 radical (unpaired) electrons. The van der Waals surface area contributed by atoms with E-state index in [0.29, 0.717) is 12.1 Å². The highest BCUT2D eigenvalue weighted by atomic mass is 19.1. The number of benzene rings is 1. The van der Waals surface area contributed by atoms with Gasteiger partial charge in [-0.3, -0.25) is 24.3 Å². The summed E-state index contributed by atoms with van der Waals surface area (Å²) in [6, 6.07) is 9.04. The number of hydrogen-bond donors (Lipinski definition) is 0. The zero-order valence-electron chi connectivity index (χ0n) is 13.6. The van der Waals surface area contributed by atoms with Crippen molar-refractivity contribution in [3.63, 3.8) is 0 Å². The van der Waals surface area contributed by atoms with Gasteiger partial charge in [-0.2, -0.15) is 0 Å². The number of imide groups is 1. The molecule has 0 N–H and O–H groups in total.